The third-order valence-electron chi connectivity index (χ3n) is 2.47. The summed E-state index contributed by atoms with van der Waals surface area (Å²) in [5.41, 5.74) is 0.322. The summed E-state index contributed by atoms with van der Waals surface area (Å²) in [5.74, 6) is 0.769. The molecule has 0 N–H and O–H groups in total. The largest absolute Gasteiger partial charge is 0.346 e. The van der Waals surface area contributed by atoms with Crippen molar-refractivity contribution in [3.8, 4) is 0 Å². The lowest BCUT2D eigenvalue weighted by Crippen LogP contribution is -2.29. The first-order valence-electron chi connectivity index (χ1n) is 6.00. The highest BCUT2D eigenvalue weighted by Crippen LogP contribution is 2.26. The highest BCUT2D eigenvalue weighted by molar-refractivity contribution is 5.76. The van der Waals surface area contributed by atoms with Crippen molar-refractivity contribution in [2.75, 3.05) is 13.6 Å². The van der Waals surface area contributed by atoms with Crippen molar-refractivity contribution in [1.29, 1.82) is 0 Å². The van der Waals surface area contributed by atoms with Crippen molar-refractivity contribution in [1.82, 2.24) is 4.90 Å². The molecule has 0 aliphatic rings. The van der Waals surface area contributed by atoms with Crippen molar-refractivity contribution in [2.45, 2.75) is 53.9 Å². The van der Waals surface area contributed by atoms with Gasteiger partial charge < -0.3 is 4.90 Å². The molecule has 2 heteroatoms. The molecule has 0 aromatic carbocycles. The molecule has 0 heterocycles. The Bertz CT molecular complexity index is 193. The molecule has 0 spiro atoms. The number of carbonyl (C=O) groups excluding carboxylic acids is 1. The number of hydrogen-bond acceptors (Lipinski definition) is 1. The van der Waals surface area contributed by atoms with Crippen LogP contribution < -0.4 is 0 Å². The van der Waals surface area contributed by atoms with Gasteiger partial charge in [0.1, 0.15) is 0 Å². The van der Waals surface area contributed by atoms with Gasteiger partial charge >= 0.3 is 0 Å². The van der Waals surface area contributed by atoms with Crippen molar-refractivity contribution in [2.24, 2.45) is 11.3 Å². The minimum Gasteiger partial charge on any atom is -0.346 e. The van der Waals surface area contributed by atoms with Gasteiger partial charge in [0.2, 0.25) is 5.91 Å². The van der Waals surface area contributed by atoms with Gasteiger partial charge in [-0.1, -0.05) is 34.6 Å². The Morgan fingerprint density at radius 3 is 2.27 bits per heavy atom. The maximum absolute atomic E-state index is 11.8. The fourth-order valence-corrected chi connectivity index (χ4v) is 2.03. The van der Waals surface area contributed by atoms with E-state index in [2.05, 4.69) is 34.6 Å². The fraction of sp³-hybridized carbons (Fsp3) is 0.923. The smallest absolute Gasteiger partial charge is 0.222 e. The molecule has 0 rings (SSSR count). The lowest BCUT2D eigenvalue weighted by molar-refractivity contribution is -0.130. The second kappa shape index (κ2) is 6.14. The van der Waals surface area contributed by atoms with Gasteiger partial charge in [-0.15, -0.1) is 0 Å². The van der Waals surface area contributed by atoms with Crippen molar-refractivity contribution >= 4 is 5.91 Å². The van der Waals surface area contributed by atoms with Gasteiger partial charge in [-0.3, -0.25) is 4.79 Å². The molecule has 0 radical (unpaired) electrons. The van der Waals surface area contributed by atoms with Crippen LogP contribution in [0, 0.1) is 11.3 Å². The van der Waals surface area contributed by atoms with E-state index in [4.69, 9.17) is 0 Å². The van der Waals surface area contributed by atoms with Crippen LogP contribution in [-0.4, -0.2) is 24.4 Å². The SMILES string of the molecule is CCCN(C)C(=O)CC(C)CC(C)(C)C. The Morgan fingerprint density at radius 1 is 1.33 bits per heavy atom. The van der Waals surface area contributed by atoms with Crippen LogP contribution in [0.5, 0.6) is 0 Å². The predicted molar refractivity (Wildman–Crippen MR) is 65.8 cm³/mol. The fourth-order valence-electron chi connectivity index (χ4n) is 2.03. The zero-order valence-corrected chi connectivity index (χ0v) is 11.3. The second-order valence-corrected chi connectivity index (χ2v) is 5.89. The average Bonchev–Trinajstić information content (AvgIpc) is 2.00. The summed E-state index contributed by atoms with van der Waals surface area (Å²) in [6, 6.07) is 0. The van der Waals surface area contributed by atoms with E-state index in [1.165, 1.54) is 0 Å². The summed E-state index contributed by atoms with van der Waals surface area (Å²) < 4.78 is 0. The van der Waals surface area contributed by atoms with Gasteiger partial charge in [-0.25, -0.2) is 0 Å². The third-order valence-corrected chi connectivity index (χ3v) is 2.47. The number of nitrogens with zero attached hydrogens (tertiary/aromatic N) is 1. The van der Waals surface area contributed by atoms with Gasteiger partial charge in [0.25, 0.3) is 0 Å². The van der Waals surface area contributed by atoms with E-state index < -0.39 is 0 Å². The van der Waals surface area contributed by atoms with E-state index in [9.17, 15) is 4.79 Å². The molecular weight excluding hydrogens is 186 g/mol. The lowest BCUT2D eigenvalue weighted by atomic mass is 9.84. The number of hydrogen-bond donors (Lipinski definition) is 0. The van der Waals surface area contributed by atoms with Crippen molar-refractivity contribution in [3.05, 3.63) is 0 Å². The van der Waals surface area contributed by atoms with Crippen LogP contribution in [0.4, 0.5) is 0 Å². The molecule has 1 unspecified atom stereocenters. The summed E-state index contributed by atoms with van der Waals surface area (Å²) in [4.78, 5) is 13.6. The van der Waals surface area contributed by atoms with Crippen LogP contribution in [0.3, 0.4) is 0 Å². The van der Waals surface area contributed by atoms with Crippen molar-refractivity contribution in [3.63, 3.8) is 0 Å². The second-order valence-electron chi connectivity index (χ2n) is 5.89. The average molecular weight is 213 g/mol. The van der Waals surface area contributed by atoms with E-state index in [1.54, 1.807) is 0 Å². The predicted octanol–water partition coefficient (Wildman–Crippen LogP) is 3.32. The first kappa shape index (κ1) is 14.5. The zero-order valence-electron chi connectivity index (χ0n) is 11.3. The molecule has 0 aromatic rings. The third kappa shape index (κ3) is 7.40. The molecule has 15 heavy (non-hydrogen) atoms. The summed E-state index contributed by atoms with van der Waals surface area (Å²) in [6.45, 7) is 11.8. The summed E-state index contributed by atoms with van der Waals surface area (Å²) >= 11 is 0. The molecule has 2 nitrogen and oxygen atoms in total. The van der Waals surface area contributed by atoms with E-state index in [1.807, 2.05) is 11.9 Å². The maximum atomic E-state index is 11.8. The topological polar surface area (TPSA) is 20.3 Å². The number of rotatable bonds is 5. The normalized spacial score (nSPS) is 13.7. The lowest BCUT2D eigenvalue weighted by Gasteiger charge is -2.24. The Kier molecular flexibility index (Phi) is 5.92. The molecule has 90 valence electrons. The van der Waals surface area contributed by atoms with Crippen LogP contribution in [0.2, 0.25) is 0 Å². The van der Waals surface area contributed by atoms with E-state index in [-0.39, 0.29) is 5.91 Å². The van der Waals surface area contributed by atoms with Gasteiger partial charge in [-0.2, -0.15) is 0 Å². The Hall–Kier alpha value is -0.530. The van der Waals surface area contributed by atoms with Gasteiger partial charge in [-0.05, 0) is 24.2 Å². The minimum absolute atomic E-state index is 0.286. The molecule has 0 aliphatic carbocycles. The number of amides is 1. The highest BCUT2D eigenvalue weighted by Gasteiger charge is 2.18. The molecule has 1 amide bonds. The quantitative estimate of drug-likeness (QED) is 0.686. The van der Waals surface area contributed by atoms with Crippen molar-refractivity contribution < 1.29 is 4.79 Å². The van der Waals surface area contributed by atoms with Crippen LogP contribution in [0.1, 0.15) is 53.9 Å². The molecule has 0 saturated heterocycles. The Morgan fingerprint density at radius 2 is 1.87 bits per heavy atom. The van der Waals surface area contributed by atoms with E-state index in [0.717, 1.165) is 19.4 Å². The van der Waals surface area contributed by atoms with Gasteiger partial charge in [0, 0.05) is 20.0 Å². The molecule has 0 aromatic heterocycles. The molecule has 0 saturated carbocycles. The van der Waals surface area contributed by atoms with Crippen LogP contribution in [-0.2, 0) is 4.79 Å². The summed E-state index contributed by atoms with van der Waals surface area (Å²) in [7, 11) is 1.90. The maximum Gasteiger partial charge on any atom is 0.222 e. The first-order valence-corrected chi connectivity index (χ1v) is 6.00. The summed E-state index contributed by atoms with van der Waals surface area (Å²) in [5, 5.41) is 0. The Labute approximate surface area is 95.0 Å². The summed E-state index contributed by atoms with van der Waals surface area (Å²) in [6.07, 6.45) is 2.84. The molecule has 1 atom stereocenters. The van der Waals surface area contributed by atoms with Crippen LogP contribution >= 0.6 is 0 Å². The standard InChI is InChI=1S/C13H27NO/c1-7-8-14(6)12(15)9-11(2)10-13(3,4)5/h11H,7-10H2,1-6H3. The molecule has 0 bridgehead atoms. The van der Waals surface area contributed by atoms with Crippen LogP contribution in [0.15, 0.2) is 0 Å². The van der Waals surface area contributed by atoms with E-state index in [0.29, 0.717) is 17.8 Å². The van der Waals surface area contributed by atoms with Crippen LogP contribution in [0.25, 0.3) is 0 Å². The number of carbonyl (C=O) groups is 1. The monoisotopic (exact) mass is 213 g/mol. The molecular formula is C13H27NO. The molecule has 0 aliphatic heterocycles. The van der Waals surface area contributed by atoms with E-state index >= 15 is 0 Å². The zero-order chi connectivity index (χ0) is 12.1. The van der Waals surface area contributed by atoms with Gasteiger partial charge in [0.15, 0.2) is 0 Å². The Balaban J connectivity index is 3.96. The molecule has 0 fully saturated rings. The first-order chi connectivity index (χ1) is 6.76. The minimum atomic E-state index is 0.286. The highest BCUT2D eigenvalue weighted by atomic mass is 16.2. The van der Waals surface area contributed by atoms with Gasteiger partial charge in [0.05, 0.1) is 0 Å².